The number of benzene rings is 1. The fourth-order valence-electron chi connectivity index (χ4n) is 10.7. The molecule has 19 nitrogen and oxygen atoms in total. The molecule has 5 N–H and O–H groups in total. The number of amides is 2. The number of methoxy groups -OCH3 is 2. The van der Waals surface area contributed by atoms with E-state index in [1.165, 1.54) is 14.0 Å². The minimum Gasteiger partial charge on any atom is -0.497 e. The number of carbonyl (C=O) groups excluding carboxylic acids is 3. The van der Waals surface area contributed by atoms with Gasteiger partial charge in [0.2, 0.25) is 0 Å². The quantitative estimate of drug-likeness (QED) is 0.0845. The van der Waals surface area contributed by atoms with Gasteiger partial charge in [-0.2, -0.15) is 0 Å². The van der Waals surface area contributed by atoms with Crippen LogP contribution in [0.5, 0.6) is 5.75 Å². The van der Waals surface area contributed by atoms with Crippen molar-refractivity contribution in [2.45, 2.75) is 212 Å². The first kappa shape index (κ1) is 60.2. The van der Waals surface area contributed by atoms with Crippen molar-refractivity contribution in [2.75, 3.05) is 48.5 Å². The van der Waals surface area contributed by atoms with Crippen molar-refractivity contribution >= 4 is 18.2 Å². The number of likely N-dealkylation sites (N-methyl/N-ethyl adjacent to an activating group) is 2. The summed E-state index contributed by atoms with van der Waals surface area (Å²) in [6, 6.07) is 6.34. The van der Waals surface area contributed by atoms with Crippen LogP contribution < -0.4 is 15.4 Å². The van der Waals surface area contributed by atoms with Crippen LogP contribution in [0.1, 0.15) is 120 Å². The first-order chi connectivity index (χ1) is 33.2. The maximum Gasteiger partial charge on any atom is 0.407 e. The Bertz CT molecular complexity index is 1820. The molecule has 0 saturated carbocycles. The molecule has 0 spiro atoms. The molecule has 3 heterocycles. The van der Waals surface area contributed by atoms with Gasteiger partial charge < -0.3 is 73.5 Å². The van der Waals surface area contributed by atoms with Crippen molar-refractivity contribution in [1.82, 2.24) is 20.4 Å². The highest BCUT2D eigenvalue weighted by Gasteiger charge is 2.54. The third-order valence-electron chi connectivity index (χ3n) is 15.0. The molecule has 0 unspecified atom stereocenters. The first-order valence-corrected chi connectivity index (χ1v) is 25.6. The number of aliphatic hydroxyl groups is 3. The maximum absolute atomic E-state index is 14.8. The highest BCUT2D eigenvalue weighted by Crippen LogP contribution is 2.41. The number of nitrogens with zero attached hydrogens (tertiary/aromatic N) is 2. The number of aliphatic hydroxyl groups excluding tert-OH is 1. The number of cyclic esters (lactones) is 1. The van der Waals surface area contributed by atoms with Gasteiger partial charge in [0.15, 0.2) is 24.8 Å². The van der Waals surface area contributed by atoms with Crippen LogP contribution >= 0.6 is 0 Å². The van der Waals surface area contributed by atoms with Gasteiger partial charge in [-0.25, -0.2) is 9.59 Å². The van der Waals surface area contributed by atoms with Crippen molar-refractivity contribution in [3.8, 4) is 5.75 Å². The summed E-state index contributed by atoms with van der Waals surface area (Å²) >= 11 is 0. The number of hydrogen-bond donors (Lipinski definition) is 5. The maximum atomic E-state index is 14.8. The molecule has 3 saturated heterocycles. The molecule has 3 aliphatic heterocycles. The lowest BCUT2D eigenvalue weighted by Gasteiger charge is -2.49. The number of esters is 1. The van der Waals surface area contributed by atoms with Crippen LogP contribution in [0.4, 0.5) is 9.59 Å². The zero-order chi connectivity index (χ0) is 53.2. The van der Waals surface area contributed by atoms with Gasteiger partial charge in [-0.1, -0.05) is 46.2 Å². The normalized spacial score (nSPS) is 39.1. The van der Waals surface area contributed by atoms with Gasteiger partial charge in [-0.15, -0.1) is 0 Å². The number of alkyl carbamates (subject to hydrolysis) is 2. The fraction of sp³-hybridized carbons (Fsp3) is 0.827. The molecule has 1 aromatic rings. The molecule has 19 heteroatoms. The van der Waals surface area contributed by atoms with E-state index < -0.39 is 108 Å². The minimum atomic E-state index is -1.89. The summed E-state index contributed by atoms with van der Waals surface area (Å²) in [7, 11) is 8.69. The summed E-state index contributed by atoms with van der Waals surface area (Å²) in [5.74, 6) is -2.25. The van der Waals surface area contributed by atoms with E-state index in [1.54, 1.807) is 53.9 Å². The third-order valence-corrected chi connectivity index (χ3v) is 15.0. The number of unbranched alkanes of at least 4 members (excludes halogenated alkanes) is 1. The van der Waals surface area contributed by atoms with Crippen molar-refractivity contribution in [3.63, 3.8) is 0 Å². The second-order valence-corrected chi connectivity index (χ2v) is 21.4. The van der Waals surface area contributed by atoms with Gasteiger partial charge in [0.05, 0.1) is 43.0 Å². The predicted molar refractivity (Wildman–Crippen MR) is 265 cm³/mol. The van der Waals surface area contributed by atoms with Gasteiger partial charge in [-0.3, -0.25) is 9.69 Å². The van der Waals surface area contributed by atoms with Crippen LogP contribution in [0.25, 0.3) is 0 Å². The number of carbonyl (C=O) groups is 3. The van der Waals surface area contributed by atoms with Gasteiger partial charge in [0, 0.05) is 51.2 Å². The summed E-state index contributed by atoms with van der Waals surface area (Å²) in [5.41, 5.74) is -3.87. The zero-order valence-electron chi connectivity index (χ0n) is 45.5. The summed E-state index contributed by atoms with van der Waals surface area (Å²) in [5, 5.41) is 42.8. The van der Waals surface area contributed by atoms with Crippen molar-refractivity contribution in [3.05, 3.63) is 29.8 Å². The summed E-state index contributed by atoms with van der Waals surface area (Å²) in [4.78, 5) is 45.3. The number of ether oxygens (including phenoxy) is 9. The second-order valence-electron chi connectivity index (χ2n) is 21.4. The standard InChI is InChI=1S/C52H90N4O15/c1-17-19-24-53-48(59)70-44-34(7)56(14)29-30(3)26-50(9,61)43(69-47-41(57)38(55(12)13)25-31(4)65-47)32(5)42(33(6)46(58)67-39(18-2)52(44,11)62)68-40-27-51(10,64-16)45(35(8)66-40)71-49(60)54-28-36-20-22-37(63-15)23-21-36/h20-23,30-35,38-45,47,57,61-62H,17-19,24-29H2,1-16H3,(H,53,59)(H,54,60)/t30-,31-,32+,33-,34-,35+,38+,39-,40+,41-,42+,43-,44-,45+,47+,50-,51-,52-/m1/s1. The smallest absolute Gasteiger partial charge is 0.407 e. The molecule has 2 amide bonds. The first-order valence-electron chi connectivity index (χ1n) is 25.6. The van der Waals surface area contributed by atoms with Crippen molar-refractivity contribution in [1.29, 1.82) is 0 Å². The molecular formula is C52H90N4O15. The third kappa shape index (κ3) is 15.6. The monoisotopic (exact) mass is 1010 g/mol. The van der Waals surface area contributed by atoms with E-state index in [1.807, 2.05) is 77.7 Å². The van der Waals surface area contributed by atoms with E-state index >= 15 is 0 Å². The van der Waals surface area contributed by atoms with Crippen molar-refractivity contribution in [2.24, 2.45) is 17.8 Å². The topological polar surface area (TPSA) is 226 Å². The molecule has 1 aromatic carbocycles. The Balaban J connectivity index is 1.77. The molecule has 3 aliphatic rings. The molecule has 0 aromatic heterocycles. The van der Waals surface area contributed by atoms with E-state index in [-0.39, 0.29) is 43.9 Å². The molecule has 18 atom stereocenters. The predicted octanol–water partition coefficient (Wildman–Crippen LogP) is 5.38. The second kappa shape index (κ2) is 26.2. The molecule has 0 aliphatic carbocycles. The lowest BCUT2D eigenvalue weighted by Crippen LogP contribution is -2.61. The van der Waals surface area contributed by atoms with Crippen LogP contribution in [0.2, 0.25) is 0 Å². The molecule has 3 fully saturated rings. The average molecular weight is 1010 g/mol. The molecule has 408 valence electrons. The summed E-state index contributed by atoms with van der Waals surface area (Å²) < 4.78 is 56.3. The lowest BCUT2D eigenvalue weighted by molar-refractivity contribution is -0.317. The van der Waals surface area contributed by atoms with Crippen LogP contribution in [-0.4, -0.2) is 182 Å². The number of nitrogens with one attached hydrogen (secondary N) is 2. The van der Waals surface area contributed by atoms with E-state index in [0.29, 0.717) is 25.3 Å². The van der Waals surface area contributed by atoms with Gasteiger partial charge in [-0.05, 0) is 119 Å². The zero-order valence-corrected chi connectivity index (χ0v) is 45.5. The van der Waals surface area contributed by atoms with Crippen LogP contribution in [0, 0.1) is 17.8 Å². The largest absolute Gasteiger partial charge is 0.497 e. The van der Waals surface area contributed by atoms with E-state index in [2.05, 4.69) is 10.6 Å². The highest BCUT2D eigenvalue weighted by molar-refractivity contribution is 5.73. The summed E-state index contributed by atoms with van der Waals surface area (Å²) in [6.07, 6.45) is -8.86. The molecule has 4 rings (SSSR count). The van der Waals surface area contributed by atoms with E-state index in [4.69, 9.17) is 42.6 Å². The lowest BCUT2D eigenvalue weighted by atomic mass is 9.77. The number of rotatable bonds is 15. The van der Waals surface area contributed by atoms with Gasteiger partial charge in [0.1, 0.15) is 29.2 Å². The van der Waals surface area contributed by atoms with Crippen LogP contribution in [0.15, 0.2) is 24.3 Å². The SMILES string of the molecule is CCCCNC(=O)O[C@@H]1[C@@H](C)N(C)C[C@H](C)C[C@@](C)(O)[C@H](O[C@@H]2O[C@H](C)C[C@H](N(C)C)[C@H]2O)[C@@H](C)[C@H](O[C@H]2C[C@@](C)(OC)[C@@H](OC(=O)NCc3ccc(OC)cc3)[C@H](C)O2)[C@@H](C)C(=O)O[C@H](CC)[C@@]1(C)O. The Labute approximate surface area is 423 Å². The Hall–Kier alpha value is -3.37. The Morgan fingerprint density at radius 1 is 0.887 bits per heavy atom. The number of hydrogen-bond acceptors (Lipinski definition) is 17. The summed E-state index contributed by atoms with van der Waals surface area (Å²) in [6.45, 7) is 20.6. The Morgan fingerprint density at radius 3 is 2.11 bits per heavy atom. The highest BCUT2D eigenvalue weighted by atomic mass is 16.7. The van der Waals surface area contributed by atoms with Crippen LogP contribution in [-0.2, 0) is 49.2 Å². The van der Waals surface area contributed by atoms with Crippen LogP contribution in [0.3, 0.4) is 0 Å². The van der Waals surface area contributed by atoms with E-state index in [9.17, 15) is 29.7 Å². The molecule has 0 bridgehead atoms. The fourth-order valence-corrected chi connectivity index (χ4v) is 10.7. The Kier molecular flexibility index (Phi) is 22.2. The van der Waals surface area contributed by atoms with Gasteiger partial charge in [0.25, 0.3) is 0 Å². The van der Waals surface area contributed by atoms with E-state index in [0.717, 1.165) is 18.4 Å². The van der Waals surface area contributed by atoms with Crippen molar-refractivity contribution < 1.29 is 72.3 Å². The average Bonchev–Trinajstić information content (AvgIpc) is 3.30. The van der Waals surface area contributed by atoms with Gasteiger partial charge >= 0.3 is 18.2 Å². The molecule has 71 heavy (non-hydrogen) atoms. The minimum absolute atomic E-state index is 0.0382. The molecular weight excluding hydrogens is 921 g/mol. The Morgan fingerprint density at radius 2 is 1.52 bits per heavy atom. The molecule has 0 radical (unpaired) electrons.